The number of carbonyl (C=O) groups is 1. The number of benzene rings is 1. The Morgan fingerprint density at radius 2 is 2.07 bits per heavy atom. The van der Waals surface area contributed by atoms with Crippen LogP contribution in [-0.4, -0.2) is 49.8 Å². The van der Waals surface area contributed by atoms with Crippen LogP contribution in [0, 0.1) is 0 Å². The van der Waals surface area contributed by atoms with E-state index in [-0.39, 0.29) is 23.2 Å². The molecule has 4 rings (SSSR count). The largest absolute Gasteiger partial charge is 0.497 e. The number of sulfone groups is 1. The highest BCUT2D eigenvalue weighted by molar-refractivity contribution is 7.91. The summed E-state index contributed by atoms with van der Waals surface area (Å²) < 4.78 is 36.1. The molecule has 1 aromatic carbocycles. The average Bonchev–Trinajstić information content (AvgIpc) is 3.47. The molecule has 8 nitrogen and oxygen atoms in total. The van der Waals surface area contributed by atoms with Crippen LogP contribution in [0.5, 0.6) is 11.5 Å². The SMILES string of the molecule is COc1ccc(NC(=O)c2cc(-c3cccs3)n(C3CCS(=O)(=O)C3)n2)c(OC)c1. The zero-order valence-corrected chi connectivity index (χ0v) is 18.1. The van der Waals surface area contributed by atoms with Crippen molar-refractivity contribution in [1.29, 1.82) is 0 Å². The number of amides is 1. The molecule has 0 bridgehead atoms. The Labute approximate surface area is 178 Å². The number of methoxy groups -OCH3 is 2. The van der Waals surface area contributed by atoms with Gasteiger partial charge in [0.15, 0.2) is 15.5 Å². The van der Waals surface area contributed by atoms with E-state index in [9.17, 15) is 13.2 Å². The van der Waals surface area contributed by atoms with E-state index >= 15 is 0 Å². The van der Waals surface area contributed by atoms with Crippen LogP contribution >= 0.6 is 11.3 Å². The number of thiophene rings is 1. The Hall–Kier alpha value is -2.85. The first-order valence-electron chi connectivity index (χ1n) is 9.27. The summed E-state index contributed by atoms with van der Waals surface area (Å²) in [5.41, 5.74) is 1.43. The van der Waals surface area contributed by atoms with Gasteiger partial charge in [0.2, 0.25) is 0 Å². The Morgan fingerprint density at radius 3 is 2.70 bits per heavy atom. The molecule has 1 saturated heterocycles. The van der Waals surface area contributed by atoms with E-state index in [4.69, 9.17) is 9.47 Å². The number of nitrogens with one attached hydrogen (secondary N) is 1. The summed E-state index contributed by atoms with van der Waals surface area (Å²) in [7, 11) is -0.0316. The molecule has 0 aliphatic carbocycles. The van der Waals surface area contributed by atoms with Gasteiger partial charge in [-0.2, -0.15) is 5.10 Å². The molecule has 30 heavy (non-hydrogen) atoms. The van der Waals surface area contributed by atoms with Gasteiger partial charge in [0.1, 0.15) is 11.5 Å². The van der Waals surface area contributed by atoms with Crippen molar-refractivity contribution in [3.05, 3.63) is 47.5 Å². The van der Waals surface area contributed by atoms with E-state index in [0.29, 0.717) is 23.6 Å². The average molecular weight is 448 g/mol. The monoisotopic (exact) mass is 447 g/mol. The fraction of sp³-hybridized carbons (Fsp3) is 0.300. The Bertz CT molecular complexity index is 1170. The number of aromatic nitrogens is 2. The molecular weight excluding hydrogens is 426 g/mol. The number of rotatable bonds is 6. The highest BCUT2D eigenvalue weighted by atomic mass is 32.2. The molecule has 2 aromatic heterocycles. The van der Waals surface area contributed by atoms with Gasteiger partial charge >= 0.3 is 0 Å². The molecule has 1 unspecified atom stereocenters. The second-order valence-corrected chi connectivity index (χ2v) is 10.1. The lowest BCUT2D eigenvalue weighted by atomic mass is 10.2. The fourth-order valence-corrected chi connectivity index (χ4v) is 5.87. The standard InChI is InChI=1S/C20H21N3O5S2/c1-27-14-5-6-15(18(10-14)28-2)21-20(24)16-11-17(19-4-3-8-29-19)23(22-16)13-7-9-30(25,26)12-13/h3-6,8,10-11,13H,7,9,12H2,1-2H3,(H,21,24). The Kier molecular flexibility index (Phi) is 5.52. The first-order valence-corrected chi connectivity index (χ1v) is 12.0. The van der Waals surface area contributed by atoms with Crippen LogP contribution in [0.15, 0.2) is 41.8 Å². The zero-order valence-electron chi connectivity index (χ0n) is 16.5. The molecule has 158 valence electrons. The van der Waals surface area contributed by atoms with Crippen LogP contribution in [-0.2, 0) is 9.84 Å². The van der Waals surface area contributed by atoms with Crippen molar-refractivity contribution in [3.63, 3.8) is 0 Å². The maximum Gasteiger partial charge on any atom is 0.276 e. The molecule has 0 radical (unpaired) electrons. The van der Waals surface area contributed by atoms with Crippen molar-refractivity contribution >= 4 is 32.8 Å². The molecule has 1 fully saturated rings. The third-order valence-electron chi connectivity index (χ3n) is 4.95. The summed E-state index contributed by atoms with van der Waals surface area (Å²) >= 11 is 1.51. The van der Waals surface area contributed by atoms with Crippen molar-refractivity contribution in [3.8, 4) is 22.1 Å². The van der Waals surface area contributed by atoms with E-state index in [1.165, 1.54) is 18.4 Å². The molecule has 3 heterocycles. The predicted octanol–water partition coefficient (Wildman–Crippen LogP) is 3.24. The van der Waals surface area contributed by atoms with Gasteiger partial charge in [-0.15, -0.1) is 11.3 Å². The van der Waals surface area contributed by atoms with Crippen molar-refractivity contribution in [2.24, 2.45) is 0 Å². The summed E-state index contributed by atoms with van der Waals surface area (Å²) in [4.78, 5) is 13.8. The maximum atomic E-state index is 12.9. The first kappa shape index (κ1) is 20.4. The molecule has 1 aliphatic rings. The molecular formula is C20H21N3O5S2. The van der Waals surface area contributed by atoms with Gasteiger partial charge in [-0.05, 0) is 36.1 Å². The quantitative estimate of drug-likeness (QED) is 0.623. The topological polar surface area (TPSA) is 99.5 Å². The van der Waals surface area contributed by atoms with E-state index in [1.807, 2.05) is 17.5 Å². The Balaban J connectivity index is 1.66. The second-order valence-electron chi connectivity index (χ2n) is 6.91. The number of carbonyl (C=O) groups excluding carboxylic acids is 1. The summed E-state index contributed by atoms with van der Waals surface area (Å²) in [6.07, 6.45) is 0.482. The smallest absolute Gasteiger partial charge is 0.276 e. The molecule has 1 aliphatic heterocycles. The van der Waals surface area contributed by atoms with E-state index in [1.54, 1.807) is 36.1 Å². The minimum absolute atomic E-state index is 0.0282. The molecule has 0 spiro atoms. The summed E-state index contributed by atoms with van der Waals surface area (Å²) in [5.74, 6) is 0.821. The lowest BCUT2D eigenvalue weighted by Gasteiger charge is -2.12. The number of anilines is 1. The molecule has 3 aromatic rings. The molecule has 10 heteroatoms. The molecule has 1 amide bonds. The number of hydrogen-bond acceptors (Lipinski definition) is 7. The van der Waals surface area contributed by atoms with Crippen molar-refractivity contribution in [1.82, 2.24) is 9.78 Å². The normalized spacial score (nSPS) is 17.6. The summed E-state index contributed by atoms with van der Waals surface area (Å²) in [6, 6.07) is 10.3. The number of hydrogen-bond donors (Lipinski definition) is 1. The van der Waals surface area contributed by atoms with Gasteiger partial charge in [-0.25, -0.2) is 8.42 Å². The van der Waals surface area contributed by atoms with E-state index in [0.717, 1.165) is 10.6 Å². The van der Waals surface area contributed by atoms with Crippen molar-refractivity contribution in [2.45, 2.75) is 12.5 Å². The van der Waals surface area contributed by atoms with Gasteiger partial charge < -0.3 is 14.8 Å². The lowest BCUT2D eigenvalue weighted by Crippen LogP contribution is -2.16. The maximum absolute atomic E-state index is 12.9. The number of ether oxygens (including phenoxy) is 2. The van der Waals surface area contributed by atoms with Gasteiger partial charge in [0, 0.05) is 6.07 Å². The van der Waals surface area contributed by atoms with Crippen LogP contribution < -0.4 is 14.8 Å². The molecule has 1 atom stereocenters. The van der Waals surface area contributed by atoms with Gasteiger partial charge in [-0.1, -0.05) is 6.07 Å². The lowest BCUT2D eigenvalue weighted by molar-refractivity contribution is 0.102. The fourth-order valence-electron chi connectivity index (χ4n) is 3.45. The van der Waals surface area contributed by atoms with E-state index < -0.39 is 15.7 Å². The predicted molar refractivity (Wildman–Crippen MR) is 115 cm³/mol. The van der Waals surface area contributed by atoms with Gasteiger partial charge in [0.05, 0.1) is 48.0 Å². The van der Waals surface area contributed by atoms with Gasteiger partial charge in [-0.3, -0.25) is 9.48 Å². The summed E-state index contributed by atoms with van der Waals surface area (Å²) in [6.45, 7) is 0. The summed E-state index contributed by atoms with van der Waals surface area (Å²) in [5, 5.41) is 9.22. The third kappa shape index (κ3) is 4.05. The van der Waals surface area contributed by atoms with Crippen LogP contribution in [0.4, 0.5) is 5.69 Å². The first-order chi connectivity index (χ1) is 14.4. The van der Waals surface area contributed by atoms with Crippen LogP contribution in [0.1, 0.15) is 23.0 Å². The van der Waals surface area contributed by atoms with Crippen LogP contribution in [0.25, 0.3) is 10.6 Å². The molecule has 0 saturated carbocycles. The second kappa shape index (κ2) is 8.11. The zero-order chi connectivity index (χ0) is 21.3. The van der Waals surface area contributed by atoms with Crippen LogP contribution in [0.2, 0.25) is 0 Å². The highest BCUT2D eigenvalue weighted by Crippen LogP contribution is 2.33. The third-order valence-corrected chi connectivity index (χ3v) is 7.60. The van der Waals surface area contributed by atoms with E-state index in [2.05, 4.69) is 10.4 Å². The van der Waals surface area contributed by atoms with Crippen molar-refractivity contribution < 1.29 is 22.7 Å². The minimum Gasteiger partial charge on any atom is -0.497 e. The minimum atomic E-state index is -3.09. The highest BCUT2D eigenvalue weighted by Gasteiger charge is 2.32. The van der Waals surface area contributed by atoms with Crippen molar-refractivity contribution in [2.75, 3.05) is 31.0 Å². The Morgan fingerprint density at radius 1 is 1.23 bits per heavy atom. The molecule has 1 N–H and O–H groups in total. The number of nitrogens with zero attached hydrogens (tertiary/aromatic N) is 2. The van der Waals surface area contributed by atoms with Crippen LogP contribution in [0.3, 0.4) is 0 Å². The van der Waals surface area contributed by atoms with Gasteiger partial charge in [0.25, 0.3) is 5.91 Å².